The summed E-state index contributed by atoms with van der Waals surface area (Å²) in [5.74, 6) is 0.279. The predicted octanol–water partition coefficient (Wildman–Crippen LogP) is 0.937. The van der Waals surface area contributed by atoms with Crippen LogP contribution in [0.4, 0.5) is 5.69 Å². The van der Waals surface area contributed by atoms with Crippen molar-refractivity contribution in [3.05, 3.63) is 35.1 Å². The van der Waals surface area contributed by atoms with E-state index >= 15 is 0 Å². The molecule has 2 aromatic rings. The van der Waals surface area contributed by atoms with E-state index in [0.717, 1.165) is 0 Å². The van der Waals surface area contributed by atoms with Gasteiger partial charge in [-0.15, -0.1) is 10.2 Å². The number of nitrogen functional groups attached to an aromatic ring is 1. The minimum Gasteiger partial charge on any atom is -0.397 e. The van der Waals surface area contributed by atoms with Gasteiger partial charge in [-0.1, -0.05) is 11.6 Å². The van der Waals surface area contributed by atoms with Gasteiger partial charge in [0, 0.05) is 7.05 Å². The molecule has 0 spiro atoms. The van der Waals surface area contributed by atoms with Crippen molar-refractivity contribution in [3.8, 4) is 0 Å². The standard InChI is InChI=1S/C11H13ClN6O/c1-6(10-17-15-5-18(10)2)16-11(19)8-3-7(13)4-14-9(8)12/h3-6H,13H2,1-2H3,(H,16,19). The van der Waals surface area contributed by atoms with E-state index < -0.39 is 0 Å². The highest BCUT2D eigenvalue weighted by molar-refractivity contribution is 6.32. The number of hydrogen-bond donors (Lipinski definition) is 2. The Morgan fingerprint density at radius 1 is 1.58 bits per heavy atom. The Kier molecular flexibility index (Phi) is 3.66. The molecule has 2 heterocycles. The van der Waals surface area contributed by atoms with Crippen molar-refractivity contribution in [1.29, 1.82) is 0 Å². The molecule has 0 fully saturated rings. The van der Waals surface area contributed by atoms with Crippen molar-refractivity contribution in [2.24, 2.45) is 7.05 Å². The molecule has 3 N–H and O–H groups in total. The van der Waals surface area contributed by atoms with Crippen LogP contribution in [0.5, 0.6) is 0 Å². The topological polar surface area (TPSA) is 98.7 Å². The molecule has 0 aliphatic rings. The Balaban J connectivity index is 2.17. The molecule has 0 saturated carbocycles. The lowest BCUT2D eigenvalue weighted by atomic mass is 10.2. The SMILES string of the molecule is CC(NC(=O)c1cc(N)cnc1Cl)c1nncn1C. The van der Waals surface area contributed by atoms with Crippen molar-refractivity contribution in [3.63, 3.8) is 0 Å². The maximum atomic E-state index is 12.1. The second kappa shape index (κ2) is 5.23. The van der Waals surface area contributed by atoms with E-state index in [4.69, 9.17) is 17.3 Å². The molecule has 0 bridgehead atoms. The van der Waals surface area contributed by atoms with Crippen LogP contribution in [0.3, 0.4) is 0 Å². The zero-order valence-electron chi connectivity index (χ0n) is 10.5. The highest BCUT2D eigenvalue weighted by Gasteiger charge is 2.18. The molecule has 1 atom stereocenters. The molecule has 2 aromatic heterocycles. The van der Waals surface area contributed by atoms with Crippen LogP contribution >= 0.6 is 11.6 Å². The molecule has 1 amide bonds. The molecule has 1 unspecified atom stereocenters. The zero-order valence-corrected chi connectivity index (χ0v) is 11.2. The lowest BCUT2D eigenvalue weighted by Crippen LogP contribution is -2.28. The van der Waals surface area contributed by atoms with Gasteiger partial charge in [-0.2, -0.15) is 0 Å². The van der Waals surface area contributed by atoms with Crippen LogP contribution in [-0.4, -0.2) is 25.7 Å². The first kappa shape index (κ1) is 13.3. The number of hydrogen-bond acceptors (Lipinski definition) is 5. The summed E-state index contributed by atoms with van der Waals surface area (Å²) < 4.78 is 1.73. The number of halogens is 1. The number of rotatable bonds is 3. The number of nitrogens with one attached hydrogen (secondary N) is 1. The fraction of sp³-hybridized carbons (Fsp3) is 0.273. The number of carbonyl (C=O) groups excluding carboxylic acids is 1. The zero-order chi connectivity index (χ0) is 14.0. The summed E-state index contributed by atoms with van der Waals surface area (Å²) in [6, 6.07) is 1.17. The van der Waals surface area contributed by atoms with Gasteiger partial charge < -0.3 is 15.6 Å². The quantitative estimate of drug-likeness (QED) is 0.815. The molecule has 0 aliphatic heterocycles. The van der Waals surface area contributed by atoms with Crippen molar-refractivity contribution in [1.82, 2.24) is 25.1 Å². The third-order valence-corrected chi connectivity index (χ3v) is 2.89. The van der Waals surface area contributed by atoms with Crippen LogP contribution in [0, 0.1) is 0 Å². The number of amides is 1. The van der Waals surface area contributed by atoms with Gasteiger partial charge in [0.25, 0.3) is 5.91 Å². The van der Waals surface area contributed by atoms with Gasteiger partial charge in [-0.25, -0.2) is 4.98 Å². The third kappa shape index (κ3) is 2.82. The van der Waals surface area contributed by atoms with Crippen LogP contribution in [0.1, 0.15) is 29.1 Å². The molecule has 2 rings (SSSR count). The van der Waals surface area contributed by atoms with Gasteiger partial charge in [0.2, 0.25) is 0 Å². The van der Waals surface area contributed by atoms with E-state index in [-0.39, 0.29) is 22.7 Å². The van der Waals surface area contributed by atoms with E-state index in [1.54, 1.807) is 24.9 Å². The van der Waals surface area contributed by atoms with E-state index in [1.807, 2.05) is 0 Å². The number of nitrogens with two attached hydrogens (primary N) is 1. The van der Waals surface area contributed by atoms with Gasteiger partial charge in [-0.3, -0.25) is 4.79 Å². The summed E-state index contributed by atoms with van der Waals surface area (Å²) in [5, 5.41) is 10.6. The minimum absolute atomic E-state index is 0.108. The summed E-state index contributed by atoms with van der Waals surface area (Å²) in [6.45, 7) is 1.80. The molecule has 0 radical (unpaired) electrons. The van der Waals surface area contributed by atoms with E-state index in [1.165, 1.54) is 12.3 Å². The molecule has 7 nitrogen and oxygen atoms in total. The van der Waals surface area contributed by atoms with Crippen LogP contribution < -0.4 is 11.1 Å². The largest absolute Gasteiger partial charge is 0.397 e. The van der Waals surface area contributed by atoms with Crippen LogP contribution in [0.25, 0.3) is 0 Å². The lowest BCUT2D eigenvalue weighted by Gasteiger charge is -2.13. The maximum Gasteiger partial charge on any atom is 0.255 e. The second-order valence-electron chi connectivity index (χ2n) is 4.10. The average Bonchev–Trinajstić information content (AvgIpc) is 2.78. The smallest absolute Gasteiger partial charge is 0.255 e. The fourth-order valence-corrected chi connectivity index (χ4v) is 1.84. The average molecular weight is 281 g/mol. The summed E-state index contributed by atoms with van der Waals surface area (Å²) in [7, 11) is 1.80. The van der Waals surface area contributed by atoms with Crippen LogP contribution in [-0.2, 0) is 7.05 Å². The van der Waals surface area contributed by atoms with E-state index in [9.17, 15) is 4.79 Å². The van der Waals surface area contributed by atoms with Gasteiger partial charge in [-0.05, 0) is 13.0 Å². The third-order valence-electron chi connectivity index (χ3n) is 2.59. The van der Waals surface area contributed by atoms with Gasteiger partial charge >= 0.3 is 0 Å². The Hall–Kier alpha value is -2.15. The summed E-state index contributed by atoms with van der Waals surface area (Å²) in [6.07, 6.45) is 2.96. The maximum absolute atomic E-state index is 12.1. The number of aryl methyl sites for hydroxylation is 1. The Bertz CT molecular complexity index is 611. The first-order chi connectivity index (χ1) is 8.99. The molecule has 100 valence electrons. The van der Waals surface area contributed by atoms with Gasteiger partial charge in [0.1, 0.15) is 11.5 Å². The molecule has 19 heavy (non-hydrogen) atoms. The molecular weight excluding hydrogens is 268 g/mol. The van der Waals surface area contributed by atoms with Gasteiger partial charge in [0.15, 0.2) is 5.82 Å². The Labute approximate surface area is 114 Å². The number of carbonyl (C=O) groups is 1. The van der Waals surface area contributed by atoms with Crippen molar-refractivity contribution in [2.45, 2.75) is 13.0 Å². The number of pyridine rings is 1. The Morgan fingerprint density at radius 2 is 2.32 bits per heavy atom. The number of aromatic nitrogens is 4. The first-order valence-corrected chi connectivity index (χ1v) is 5.92. The molecule has 0 aromatic carbocycles. The molecule has 0 aliphatic carbocycles. The second-order valence-corrected chi connectivity index (χ2v) is 4.46. The fourth-order valence-electron chi connectivity index (χ4n) is 1.65. The minimum atomic E-state index is -0.361. The first-order valence-electron chi connectivity index (χ1n) is 5.55. The Morgan fingerprint density at radius 3 is 2.95 bits per heavy atom. The normalized spacial score (nSPS) is 12.2. The number of anilines is 1. The predicted molar refractivity (Wildman–Crippen MR) is 70.5 cm³/mol. The summed E-state index contributed by atoms with van der Waals surface area (Å²) in [5.41, 5.74) is 6.20. The van der Waals surface area contributed by atoms with Crippen molar-refractivity contribution < 1.29 is 4.79 Å². The lowest BCUT2D eigenvalue weighted by molar-refractivity contribution is 0.0937. The molecule has 8 heteroatoms. The van der Waals surface area contributed by atoms with E-state index in [0.29, 0.717) is 11.5 Å². The summed E-state index contributed by atoms with van der Waals surface area (Å²) >= 11 is 5.87. The monoisotopic (exact) mass is 280 g/mol. The van der Waals surface area contributed by atoms with Crippen LogP contribution in [0.2, 0.25) is 5.15 Å². The number of nitrogens with zero attached hydrogens (tertiary/aromatic N) is 4. The van der Waals surface area contributed by atoms with Crippen LogP contribution in [0.15, 0.2) is 18.6 Å². The summed E-state index contributed by atoms with van der Waals surface area (Å²) in [4.78, 5) is 15.9. The van der Waals surface area contributed by atoms with Gasteiger partial charge in [0.05, 0.1) is 23.5 Å². The highest BCUT2D eigenvalue weighted by atomic mass is 35.5. The van der Waals surface area contributed by atoms with E-state index in [2.05, 4.69) is 20.5 Å². The molecule has 0 saturated heterocycles. The molecular formula is C11H13ClN6O. The van der Waals surface area contributed by atoms with Crippen molar-refractivity contribution in [2.75, 3.05) is 5.73 Å². The highest BCUT2D eigenvalue weighted by Crippen LogP contribution is 2.17. The van der Waals surface area contributed by atoms with Crippen molar-refractivity contribution >= 4 is 23.2 Å².